The Balaban J connectivity index is 1.64. The first-order valence-corrected chi connectivity index (χ1v) is 8.65. The number of hydrogen-bond donors (Lipinski definition) is 1. The van der Waals surface area contributed by atoms with Crippen molar-refractivity contribution >= 4 is 11.0 Å². The van der Waals surface area contributed by atoms with Crippen LogP contribution in [0.2, 0.25) is 0 Å². The van der Waals surface area contributed by atoms with Crippen LogP contribution < -0.4 is 5.32 Å². The molecule has 1 aliphatic rings. The molecule has 1 aliphatic heterocycles. The third-order valence-electron chi connectivity index (χ3n) is 4.89. The number of para-hydroxylation sites is 1. The van der Waals surface area contributed by atoms with Gasteiger partial charge in [-0.05, 0) is 64.4 Å². The molecule has 1 aromatic carbocycles. The van der Waals surface area contributed by atoms with Crippen molar-refractivity contribution in [1.29, 1.82) is 0 Å². The van der Waals surface area contributed by atoms with Gasteiger partial charge in [0.15, 0.2) is 0 Å². The van der Waals surface area contributed by atoms with E-state index in [0.29, 0.717) is 6.04 Å². The average Bonchev–Trinajstić information content (AvgIpc) is 2.87. The van der Waals surface area contributed by atoms with E-state index in [0.717, 1.165) is 11.3 Å². The van der Waals surface area contributed by atoms with Crippen molar-refractivity contribution < 1.29 is 4.42 Å². The molecule has 0 aliphatic carbocycles. The van der Waals surface area contributed by atoms with E-state index in [1.807, 2.05) is 6.07 Å². The highest BCUT2D eigenvalue weighted by Gasteiger charge is 2.23. The third-order valence-corrected chi connectivity index (χ3v) is 4.89. The van der Waals surface area contributed by atoms with E-state index < -0.39 is 0 Å². The van der Waals surface area contributed by atoms with Crippen LogP contribution in [0.15, 0.2) is 28.7 Å². The predicted octanol–water partition coefficient (Wildman–Crippen LogP) is 4.27. The standard InChI is InChI=1S/C19H28N2O/c1-4-11-21-12-9-16(10-13-21)20-15(3)19-14(2)17-7-5-6-8-18(17)22-19/h5-8,15-16,20H,4,9-13H2,1-3H3. The summed E-state index contributed by atoms with van der Waals surface area (Å²) in [6.07, 6.45) is 3.74. The highest BCUT2D eigenvalue weighted by atomic mass is 16.3. The van der Waals surface area contributed by atoms with Crippen LogP contribution in [0.1, 0.15) is 50.5 Å². The predicted molar refractivity (Wildman–Crippen MR) is 92.3 cm³/mol. The minimum atomic E-state index is 0.273. The lowest BCUT2D eigenvalue weighted by atomic mass is 10.0. The smallest absolute Gasteiger partial charge is 0.134 e. The summed E-state index contributed by atoms with van der Waals surface area (Å²) >= 11 is 0. The number of nitrogens with one attached hydrogen (secondary N) is 1. The lowest BCUT2D eigenvalue weighted by molar-refractivity contribution is 0.190. The second-order valence-electron chi connectivity index (χ2n) is 6.59. The van der Waals surface area contributed by atoms with Crippen LogP contribution in [0.25, 0.3) is 11.0 Å². The summed E-state index contributed by atoms with van der Waals surface area (Å²) in [5.74, 6) is 1.09. The third kappa shape index (κ3) is 3.21. The summed E-state index contributed by atoms with van der Waals surface area (Å²) in [6.45, 7) is 10.3. The summed E-state index contributed by atoms with van der Waals surface area (Å²) in [6, 6.07) is 9.20. The summed E-state index contributed by atoms with van der Waals surface area (Å²) in [4.78, 5) is 2.58. The number of furan rings is 1. The fraction of sp³-hybridized carbons (Fsp3) is 0.579. The molecule has 2 aromatic rings. The van der Waals surface area contributed by atoms with Crippen LogP contribution in [0.3, 0.4) is 0 Å². The molecule has 22 heavy (non-hydrogen) atoms. The molecule has 0 bridgehead atoms. The molecule has 3 heteroatoms. The Morgan fingerprint density at radius 2 is 2.00 bits per heavy atom. The first-order valence-electron chi connectivity index (χ1n) is 8.65. The largest absolute Gasteiger partial charge is 0.459 e. The van der Waals surface area contributed by atoms with Crippen molar-refractivity contribution in [3.05, 3.63) is 35.6 Å². The van der Waals surface area contributed by atoms with Crippen LogP contribution in [0.5, 0.6) is 0 Å². The Morgan fingerprint density at radius 1 is 1.27 bits per heavy atom. The van der Waals surface area contributed by atoms with E-state index in [-0.39, 0.29) is 6.04 Å². The van der Waals surface area contributed by atoms with E-state index in [1.54, 1.807) is 0 Å². The van der Waals surface area contributed by atoms with Crippen LogP contribution in [0, 0.1) is 6.92 Å². The number of nitrogens with zero attached hydrogens (tertiary/aromatic N) is 1. The van der Waals surface area contributed by atoms with Gasteiger partial charge in [0, 0.05) is 11.4 Å². The van der Waals surface area contributed by atoms with Gasteiger partial charge in [-0.25, -0.2) is 0 Å². The zero-order valence-electron chi connectivity index (χ0n) is 14.1. The maximum absolute atomic E-state index is 6.09. The first kappa shape index (κ1) is 15.6. The van der Waals surface area contributed by atoms with Crippen molar-refractivity contribution in [2.75, 3.05) is 19.6 Å². The number of likely N-dealkylation sites (tertiary alicyclic amines) is 1. The topological polar surface area (TPSA) is 28.4 Å². The molecule has 1 N–H and O–H groups in total. The minimum Gasteiger partial charge on any atom is -0.459 e. The normalized spacial score (nSPS) is 18.9. The van der Waals surface area contributed by atoms with E-state index in [4.69, 9.17) is 4.42 Å². The van der Waals surface area contributed by atoms with Gasteiger partial charge in [0.1, 0.15) is 11.3 Å². The second kappa shape index (κ2) is 6.84. The Hall–Kier alpha value is -1.32. The molecule has 2 heterocycles. The van der Waals surface area contributed by atoms with Gasteiger partial charge in [-0.1, -0.05) is 25.1 Å². The molecule has 1 fully saturated rings. The SMILES string of the molecule is CCCN1CCC(NC(C)c2oc3ccccc3c2C)CC1. The lowest BCUT2D eigenvalue weighted by Gasteiger charge is -2.33. The molecule has 1 unspecified atom stereocenters. The zero-order valence-corrected chi connectivity index (χ0v) is 14.1. The monoisotopic (exact) mass is 300 g/mol. The number of aryl methyl sites for hydroxylation is 1. The van der Waals surface area contributed by atoms with Crippen molar-refractivity contribution in [2.24, 2.45) is 0 Å². The highest BCUT2D eigenvalue weighted by molar-refractivity contribution is 5.82. The van der Waals surface area contributed by atoms with Crippen molar-refractivity contribution in [3.8, 4) is 0 Å². The molecule has 0 amide bonds. The maximum Gasteiger partial charge on any atom is 0.134 e. The molecule has 3 rings (SSSR count). The maximum atomic E-state index is 6.09. The van der Waals surface area contributed by atoms with Crippen LogP contribution >= 0.6 is 0 Å². The molecule has 0 radical (unpaired) electrons. The van der Waals surface area contributed by atoms with Gasteiger partial charge in [-0.15, -0.1) is 0 Å². The molecule has 120 valence electrons. The molecular weight excluding hydrogens is 272 g/mol. The van der Waals surface area contributed by atoms with Crippen LogP contribution in [-0.2, 0) is 0 Å². The van der Waals surface area contributed by atoms with Gasteiger partial charge in [0.2, 0.25) is 0 Å². The molecular formula is C19H28N2O. The van der Waals surface area contributed by atoms with Gasteiger partial charge in [0.25, 0.3) is 0 Å². The van der Waals surface area contributed by atoms with Crippen LogP contribution in [-0.4, -0.2) is 30.6 Å². The van der Waals surface area contributed by atoms with Gasteiger partial charge in [-0.3, -0.25) is 0 Å². The summed E-state index contributed by atoms with van der Waals surface area (Å²) < 4.78 is 6.09. The highest BCUT2D eigenvalue weighted by Crippen LogP contribution is 2.29. The molecule has 0 saturated carbocycles. The second-order valence-corrected chi connectivity index (χ2v) is 6.59. The Bertz CT molecular complexity index is 611. The van der Waals surface area contributed by atoms with E-state index in [1.165, 1.54) is 49.8 Å². The fourth-order valence-corrected chi connectivity index (χ4v) is 3.68. The summed E-state index contributed by atoms with van der Waals surface area (Å²) in [5, 5.41) is 5.02. The fourth-order valence-electron chi connectivity index (χ4n) is 3.68. The minimum absolute atomic E-state index is 0.273. The number of fused-ring (bicyclic) bond motifs is 1. The molecule has 0 spiro atoms. The summed E-state index contributed by atoms with van der Waals surface area (Å²) in [5.41, 5.74) is 2.28. The number of benzene rings is 1. The number of hydrogen-bond acceptors (Lipinski definition) is 3. The average molecular weight is 300 g/mol. The van der Waals surface area contributed by atoms with Gasteiger partial charge in [0.05, 0.1) is 6.04 Å². The molecule has 3 nitrogen and oxygen atoms in total. The van der Waals surface area contributed by atoms with Crippen molar-refractivity contribution in [1.82, 2.24) is 10.2 Å². The Kier molecular flexibility index (Phi) is 4.84. The Labute approximate surface area is 133 Å². The van der Waals surface area contributed by atoms with Gasteiger partial charge >= 0.3 is 0 Å². The van der Waals surface area contributed by atoms with Crippen LogP contribution in [0.4, 0.5) is 0 Å². The van der Waals surface area contributed by atoms with Crippen molar-refractivity contribution in [3.63, 3.8) is 0 Å². The first-order chi connectivity index (χ1) is 10.7. The number of rotatable bonds is 5. The lowest BCUT2D eigenvalue weighted by Crippen LogP contribution is -2.43. The number of piperidine rings is 1. The summed E-state index contributed by atoms with van der Waals surface area (Å²) in [7, 11) is 0. The molecule has 1 saturated heterocycles. The van der Waals surface area contributed by atoms with E-state index in [2.05, 4.69) is 49.2 Å². The molecule has 1 atom stereocenters. The molecule has 1 aromatic heterocycles. The zero-order chi connectivity index (χ0) is 15.5. The van der Waals surface area contributed by atoms with E-state index in [9.17, 15) is 0 Å². The Morgan fingerprint density at radius 3 is 2.68 bits per heavy atom. The quantitative estimate of drug-likeness (QED) is 0.894. The van der Waals surface area contributed by atoms with E-state index >= 15 is 0 Å². The van der Waals surface area contributed by atoms with Gasteiger partial charge in [-0.2, -0.15) is 0 Å². The van der Waals surface area contributed by atoms with Gasteiger partial charge < -0.3 is 14.6 Å². The van der Waals surface area contributed by atoms with Crippen molar-refractivity contribution in [2.45, 2.75) is 52.1 Å².